The molecule has 2 aliphatic rings. The maximum Gasteiger partial charge on any atom is 0.258 e. The van der Waals surface area contributed by atoms with Crippen molar-refractivity contribution in [1.29, 1.82) is 0 Å². The second-order valence-corrected chi connectivity index (χ2v) is 7.06. The largest absolute Gasteiger partial charge is 0.379 e. The molecule has 1 atom stereocenters. The topological polar surface area (TPSA) is 84.6 Å². The number of morpholine rings is 1. The Bertz CT molecular complexity index is 745. The number of hydrogen-bond acceptors (Lipinski definition) is 7. The first-order chi connectivity index (χ1) is 13.3. The zero-order valence-electron chi connectivity index (χ0n) is 15.4. The number of amides is 1. The van der Waals surface area contributed by atoms with Crippen LogP contribution in [0.2, 0.25) is 0 Å². The normalized spacial score (nSPS) is 20.9. The molecule has 0 N–H and O–H groups in total. The number of carbonyl (C=O) groups excluding carboxylic acids is 1. The Morgan fingerprint density at radius 2 is 2.00 bits per heavy atom. The van der Waals surface area contributed by atoms with E-state index in [0.717, 1.165) is 44.5 Å². The van der Waals surface area contributed by atoms with Gasteiger partial charge in [0, 0.05) is 50.1 Å². The van der Waals surface area contributed by atoms with Crippen molar-refractivity contribution in [2.45, 2.75) is 31.7 Å². The van der Waals surface area contributed by atoms with E-state index in [0.29, 0.717) is 37.9 Å². The van der Waals surface area contributed by atoms with Crippen LogP contribution in [-0.4, -0.2) is 76.3 Å². The van der Waals surface area contributed by atoms with Crippen LogP contribution in [0.25, 0.3) is 11.5 Å². The van der Waals surface area contributed by atoms with Gasteiger partial charge >= 0.3 is 0 Å². The summed E-state index contributed by atoms with van der Waals surface area (Å²) >= 11 is 0. The summed E-state index contributed by atoms with van der Waals surface area (Å²) in [5.41, 5.74) is 0.868. The smallest absolute Gasteiger partial charge is 0.258 e. The van der Waals surface area contributed by atoms with Gasteiger partial charge in [0.2, 0.25) is 5.91 Å². The Morgan fingerprint density at radius 1 is 1.19 bits per heavy atom. The minimum absolute atomic E-state index is 0.227. The van der Waals surface area contributed by atoms with Crippen molar-refractivity contribution < 1.29 is 14.1 Å². The fraction of sp³-hybridized carbons (Fsp3) is 0.579. The van der Waals surface area contributed by atoms with Crippen molar-refractivity contribution in [3.8, 4) is 11.5 Å². The van der Waals surface area contributed by atoms with Crippen molar-refractivity contribution in [3.05, 3.63) is 30.4 Å². The van der Waals surface area contributed by atoms with E-state index < -0.39 is 0 Å². The maximum absolute atomic E-state index is 12.7. The third kappa shape index (κ3) is 4.51. The lowest BCUT2D eigenvalue weighted by Crippen LogP contribution is -2.46. The molecule has 1 amide bonds. The standard InChI is InChI=1S/C19H25N5O3/c25-18(14-23-10-12-26-13-11-23)24-9-1-2-16(24)3-4-17-21-19(27-22-17)15-5-7-20-8-6-15/h5-8,16H,1-4,9-14H2. The molecule has 8 heteroatoms. The highest BCUT2D eigenvalue weighted by atomic mass is 16.5. The average molecular weight is 371 g/mol. The second kappa shape index (κ2) is 8.58. The lowest BCUT2D eigenvalue weighted by Gasteiger charge is -2.30. The Kier molecular flexibility index (Phi) is 5.74. The summed E-state index contributed by atoms with van der Waals surface area (Å²) in [6, 6.07) is 3.96. The van der Waals surface area contributed by atoms with Crippen molar-refractivity contribution in [3.63, 3.8) is 0 Å². The van der Waals surface area contributed by atoms with Crippen LogP contribution in [0.4, 0.5) is 0 Å². The van der Waals surface area contributed by atoms with E-state index in [1.54, 1.807) is 12.4 Å². The maximum atomic E-state index is 12.7. The Hall–Kier alpha value is -2.32. The molecule has 144 valence electrons. The molecular weight excluding hydrogens is 346 g/mol. The molecule has 2 saturated heterocycles. The van der Waals surface area contributed by atoms with E-state index in [-0.39, 0.29) is 11.9 Å². The third-order valence-electron chi connectivity index (χ3n) is 5.26. The van der Waals surface area contributed by atoms with Crippen LogP contribution in [0.1, 0.15) is 25.1 Å². The molecule has 1 unspecified atom stereocenters. The van der Waals surface area contributed by atoms with Crippen LogP contribution in [0.5, 0.6) is 0 Å². The molecule has 2 fully saturated rings. The molecule has 2 aliphatic heterocycles. The van der Waals surface area contributed by atoms with Crippen LogP contribution in [0.3, 0.4) is 0 Å². The highest BCUT2D eigenvalue weighted by Gasteiger charge is 2.30. The van der Waals surface area contributed by atoms with Crippen molar-refractivity contribution in [1.82, 2.24) is 24.9 Å². The van der Waals surface area contributed by atoms with Crippen LogP contribution < -0.4 is 0 Å². The van der Waals surface area contributed by atoms with E-state index >= 15 is 0 Å². The van der Waals surface area contributed by atoms with Gasteiger partial charge in [-0.3, -0.25) is 14.7 Å². The molecule has 2 aromatic rings. The molecule has 0 aliphatic carbocycles. The molecular formula is C19H25N5O3. The number of aromatic nitrogens is 3. The van der Waals surface area contributed by atoms with Crippen LogP contribution in [-0.2, 0) is 16.0 Å². The summed E-state index contributed by atoms with van der Waals surface area (Å²) in [5, 5.41) is 4.08. The number of nitrogens with zero attached hydrogens (tertiary/aromatic N) is 5. The van der Waals surface area contributed by atoms with Crippen LogP contribution in [0.15, 0.2) is 29.0 Å². The summed E-state index contributed by atoms with van der Waals surface area (Å²) in [6.45, 7) is 4.45. The van der Waals surface area contributed by atoms with E-state index in [2.05, 4.69) is 20.0 Å². The van der Waals surface area contributed by atoms with Crippen LogP contribution in [0, 0.1) is 0 Å². The Labute approximate surface area is 158 Å². The van der Waals surface area contributed by atoms with Gasteiger partial charge < -0.3 is 14.2 Å². The van der Waals surface area contributed by atoms with Gasteiger partial charge in [0.05, 0.1) is 19.8 Å². The molecule has 4 rings (SSSR count). The van der Waals surface area contributed by atoms with Gasteiger partial charge in [-0.1, -0.05) is 5.16 Å². The number of hydrogen-bond donors (Lipinski definition) is 0. The molecule has 0 spiro atoms. The van der Waals surface area contributed by atoms with E-state index in [9.17, 15) is 4.79 Å². The molecule has 0 radical (unpaired) electrons. The molecule has 4 heterocycles. The molecule has 0 aromatic carbocycles. The van der Waals surface area contributed by atoms with Gasteiger partial charge in [-0.2, -0.15) is 4.98 Å². The molecule has 8 nitrogen and oxygen atoms in total. The van der Waals surface area contributed by atoms with E-state index in [1.807, 2.05) is 17.0 Å². The van der Waals surface area contributed by atoms with Gasteiger partial charge in [0.25, 0.3) is 5.89 Å². The number of aryl methyl sites for hydroxylation is 1. The third-order valence-corrected chi connectivity index (χ3v) is 5.26. The zero-order chi connectivity index (χ0) is 18.5. The SMILES string of the molecule is O=C(CN1CCOCC1)N1CCCC1CCc1noc(-c2ccncc2)n1. The minimum atomic E-state index is 0.227. The van der Waals surface area contributed by atoms with Gasteiger partial charge in [0.15, 0.2) is 5.82 Å². The lowest BCUT2D eigenvalue weighted by molar-refractivity contribution is -0.134. The van der Waals surface area contributed by atoms with Crippen LogP contribution >= 0.6 is 0 Å². The fourth-order valence-electron chi connectivity index (χ4n) is 3.77. The zero-order valence-corrected chi connectivity index (χ0v) is 15.4. The Balaban J connectivity index is 1.31. The second-order valence-electron chi connectivity index (χ2n) is 7.06. The summed E-state index contributed by atoms with van der Waals surface area (Å²) in [4.78, 5) is 25.4. The average Bonchev–Trinajstić information content (AvgIpc) is 3.37. The number of pyridine rings is 1. The highest BCUT2D eigenvalue weighted by Crippen LogP contribution is 2.23. The summed E-state index contributed by atoms with van der Waals surface area (Å²) in [5.74, 6) is 1.43. The lowest BCUT2D eigenvalue weighted by atomic mass is 10.1. The molecule has 0 bridgehead atoms. The van der Waals surface area contributed by atoms with Gasteiger partial charge in [0.1, 0.15) is 0 Å². The number of ether oxygens (including phenoxy) is 1. The fourth-order valence-corrected chi connectivity index (χ4v) is 3.77. The number of rotatable bonds is 6. The van der Waals surface area contributed by atoms with Crippen molar-refractivity contribution >= 4 is 5.91 Å². The van der Waals surface area contributed by atoms with Gasteiger partial charge in [-0.05, 0) is 31.4 Å². The van der Waals surface area contributed by atoms with Crippen molar-refractivity contribution in [2.75, 3.05) is 39.4 Å². The highest BCUT2D eigenvalue weighted by molar-refractivity contribution is 5.79. The predicted molar refractivity (Wildman–Crippen MR) is 97.8 cm³/mol. The molecule has 27 heavy (non-hydrogen) atoms. The monoisotopic (exact) mass is 371 g/mol. The summed E-state index contributed by atoms with van der Waals surface area (Å²) in [6.07, 6.45) is 7.09. The van der Waals surface area contributed by atoms with Crippen molar-refractivity contribution in [2.24, 2.45) is 0 Å². The van der Waals surface area contributed by atoms with E-state index in [1.165, 1.54) is 0 Å². The first-order valence-electron chi connectivity index (χ1n) is 9.62. The molecule has 0 saturated carbocycles. The number of likely N-dealkylation sites (tertiary alicyclic amines) is 1. The molecule has 2 aromatic heterocycles. The number of carbonyl (C=O) groups is 1. The minimum Gasteiger partial charge on any atom is -0.379 e. The van der Waals surface area contributed by atoms with E-state index in [4.69, 9.17) is 9.26 Å². The Morgan fingerprint density at radius 3 is 2.81 bits per heavy atom. The summed E-state index contributed by atoms with van der Waals surface area (Å²) in [7, 11) is 0. The summed E-state index contributed by atoms with van der Waals surface area (Å²) < 4.78 is 10.7. The van der Waals surface area contributed by atoms with Gasteiger partial charge in [-0.25, -0.2) is 0 Å². The van der Waals surface area contributed by atoms with Gasteiger partial charge in [-0.15, -0.1) is 0 Å². The quantitative estimate of drug-likeness (QED) is 0.758. The first kappa shape index (κ1) is 18.1. The predicted octanol–water partition coefficient (Wildman–Crippen LogP) is 1.39. The first-order valence-corrected chi connectivity index (χ1v) is 9.62.